The molecule has 1 aromatic rings. The van der Waals surface area contributed by atoms with Crippen molar-refractivity contribution < 1.29 is 0 Å². The van der Waals surface area contributed by atoms with Crippen LogP contribution >= 0.6 is 0 Å². The number of nitrogen functional groups attached to an aromatic ring is 1. The predicted molar refractivity (Wildman–Crippen MR) is 60.5 cm³/mol. The molecule has 1 aromatic heterocycles. The highest BCUT2D eigenvalue weighted by molar-refractivity contribution is 5.29. The van der Waals surface area contributed by atoms with Crippen molar-refractivity contribution in [3.63, 3.8) is 0 Å². The van der Waals surface area contributed by atoms with Crippen molar-refractivity contribution in [3.8, 4) is 0 Å². The van der Waals surface area contributed by atoms with Gasteiger partial charge in [-0.05, 0) is 12.3 Å². The molecular weight excluding hydrogens is 190 g/mol. The van der Waals surface area contributed by atoms with Crippen LogP contribution in [0.4, 0.5) is 11.9 Å². The first-order valence-electron chi connectivity index (χ1n) is 5.76. The van der Waals surface area contributed by atoms with Crippen LogP contribution in [0.3, 0.4) is 0 Å². The van der Waals surface area contributed by atoms with E-state index < -0.39 is 0 Å². The van der Waals surface area contributed by atoms with E-state index in [-0.39, 0.29) is 0 Å². The molecule has 0 unspecified atom stereocenters. The average molecular weight is 209 g/mol. The van der Waals surface area contributed by atoms with Gasteiger partial charge >= 0.3 is 0 Å². The van der Waals surface area contributed by atoms with E-state index >= 15 is 0 Å². The third-order valence-electron chi connectivity index (χ3n) is 3.06. The normalized spacial score (nSPS) is 17.9. The summed E-state index contributed by atoms with van der Waals surface area (Å²) < 4.78 is 0. The van der Waals surface area contributed by atoms with E-state index in [0.717, 1.165) is 12.5 Å². The highest BCUT2D eigenvalue weighted by Gasteiger charge is 2.12. The molecular formula is C10H19N5. The van der Waals surface area contributed by atoms with E-state index in [1.54, 1.807) is 0 Å². The fraction of sp³-hybridized carbons (Fsp3) is 0.800. The van der Waals surface area contributed by atoms with Crippen molar-refractivity contribution >= 4 is 11.9 Å². The molecule has 5 heteroatoms. The maximum Gasteiger partial charge on any atom is 0.243 e. The number of aromatic nitrogens is 3. The molecule has 0 aliphatic heterocycles. The SMILES string of the molecule is Nc1nc(NCCC2CCCCC2)n[nH]1. The van der Waals surface area contributed by atoms with Gasteiger partial charge in [0.05, 0.1) is 0 Å². The maximum atomic E-state index is 5.42. The van der Waals surface area contributed by atoms with Crippen molar-refractivity contribution in [2.45, 2.75) is 38.5 Å². The van der Waals surface area contributed by atoms with E-state index in [1.807, 2.05) is 0 Å². The number of rotatable bonds is 4. The van der Waals surface area contributed by atoms with Crippen LogP contribution in [0.1, 0.15) is 38.5 Å². The number of nitrogens with zero attached hydrogens (tertiary/aromatic N) is 2. The Labute approximate surface area is 89.9 Å². The average Bonchev–Trinajstić information content (AvgIpc) is 2.66. The Balaban J connectivity index is 1.65. The lowest BCUT2D eigenvalue weighted by atomic mass is 9.87. The second kappa shape index (κ2) is 5.00. The van der Waals surface area contributed by atoms with Gasteiger partial charge < -0.3 is 11.1 Å². The van der Waals surface area contributed by atoms with Gasteiger partial charge in [-0.15, -0.1) is 5.10 Å². The molecule has 2 rings (SSSR count). The molecule has 0 aromatic carbocycles. The van der Waals surface area contributed by atoms with Gasteiger partial charge in [0.1, 0.15) is 0 Å². The quantitative estimate of drug-likeness (QED) is 0.706. The van der Waals surface area contributed by atoms with Crippen LogP contribution in [-0.4, -0.2) is 21.7 Å². The molecule has 0 radical (unpaired) electrons. The van der Waals surface area contributed by atoms with Crippen LogP contribution in [0.2, 0.25) is 0 Å². The number of hydrogen-bond acceptors (Lipinski definition) is 4. The molecule has 1 fully saturated rings. The van der Waals surface area contributed by atoms with Gasteiger partial charge in [-0.2, -0.15) is 4.98 Å². The third kappa shape index (κ3) is 3.11. The van der Waals surface area contributed by atoms with Crippen molar-refractivity contribution in [2.75, 3.05) is 17.6 Å². The summed E-state index contributed by atoms with van der Waals surface area (Å²) in [5, 5.41) is 9.72. The minimum atomic E-state index is 0.371. The lowest BCUT2D eigenvalue weighted by molar-refractivity contribution is 0.345. The zero-order valence-electron chi connectivity index (χ0n) is 9.00. The minimum absolute atomic E-state index is 0.371. The van der Waals surface area contributed by atoms with E-state index in [1.165, 1.54) is 38.5 Å². The standard InChI is InChI=1S/C10H19N5/c11-9-13-10(15-14-9)12-7-6-8-4-2-1-3-5-8/h8H,1-7H2,(H4,11,12,13,14,15). The number of anilines is 2. The van der Waals surface area contributed by atoms with E-state index in [2.05, 4.69) is 20.5 Å². The monoisotopic (exact) mass is 209 g/mol. The third-order valence-corrected chi connectivity index (χ3v) is 3.06. The molecule has 0 amide bonds. The number of H-pyrrole nitrogens is 1. The Morgan fingerprint density at radius 3 is 2.80 bits per heavy atom. The molecule has 1 heterocycles. The van der Waals surface area contributed by atoms with Gasteiger partial charge in [0.25, 0.3) is 0 Å². The van der Waals surface area contributed by atoms with Crippen LogP contribution in [0, 0.1) is 5.92 Å². The Hall–Kier alpha value is -1.26. The molecule has 0 spiro atoms. The van der Waals surface area contributed by atoms with Crippen molar-refractivity contribution in [2.24, 2.45) is 5.92 Å². The molecule has 4 N–H and O–H groups in total. The molecule has 1 saturated carbocycles. The van der Waals surface area contributed by atoms with Crippen LogP contribution in [-0.2, 0) is 0 Å². The highest BCUT2D eigenvalue weighted by Crippen LogP contribution is 2.25. The van der Waals surface area contributed by atoms with Gasteiger partial charge in [0.2, 0.25) is 11.9 Å². The topological polar surface area (TPSA) is 79.6 Å². The Kier molecular flexibility index (Phi) is 3.42. The lowest BCUT2D eigenvalue weighted by Gasteiger charge is -2.21. The van der Waals surface area contributed by atoms with E-state index in [9.17, 15) is 0 Å². The predicted octanol–water partition coefficient (Wildman–Crippen LogP) is 1.77. The zero-order chi connectivity index (χ0) is 10.5. The fourth-order valence-corrected chi connectivity index (χ4v) is 2.22. The molecule has 0 saturated heterocycles. The number of nitrogens with one attached hydrogen (secondary N) is 2. The molecule has 5 nitrogen and oxygen atoms in total. The number of aromatic amines is 1. The minimum Gasteiger partial charge on any atom is -0.368 e. The van der Waals surface area contributed by atoms with Gasteiger partial charge in [-0.3, -0.25) is 0 Å². The number of hydrogen-bond donors (Lipinski definition) is 3. The maximum absolute atomic E-state index is 5.42. The first kappa shape index (κ1) is 10.3. The summed E-state index contributed by atoms with van der Waals surface area (Å²) in [7, 11) is 0. The molecule has 1 aliphatic carbocycles. The largest absolute Gasteiger partial charge is 0.368 e. The molecule has 84 valence electrons. The summed E-state index contributed by atoms with van der Waals surface area (Å²) in [6.45, 7) is 0.946. The summed E-state index contributed by atoms with van der Waals surface area (Å²) in [5.41, 5.74) is 5.42. The second-order valence-corrected chi connectivity index (χ2v) is 4.26. The highest BCUT2D eigenvalue weighted by atomic mass is 15.3. The van der Waals surface area contributed by atoms with Gasteiger partial charge in [0.15, 0.2) is 0 Å². The Morgan fingerprint density at radius 1 is 1.33 bits per heavy atom. The van der Waals surface area contributed by atoms with Crippen LogP contribution in [0.25, 0.3) is 0 Å². The fourth-order valence-electron chi connectivity index (χ4n) is 2.22. The first-order chi connectivity index (χ1) is 7.34. The summed E-state index contributed by atoms with van der Waals surface area (Å²) in [4.78, 5) is 3.99. The van der Waals surface area contributed by atoms with Crippen molar-refractivity contribution in [3.05, 3.63) is 0 Å². The van der Waals surface area contributed by atoms with Crippen LogP contribution in [0.15, 0.2) is 0 Å². The molecule has 0 atom stereocenters. The van der Waals surface area contributed by atoms with Crippen LogP contribution in [0.5, 0.6) is 0 Å². The van der Waals surface area contributed by atoms with Gasteiger partial charge in [0, 0.05) is 6.54 Å². The Bertz CT molecular complexity index is 290. The molecule has 1 aliphatic rings. The summed E-state index contributed by atoms with van der Waals surface area (Å²) in [6.07, 6.45) is 8.21. The smallest absolute Gasteiger partial charge is 0.243 e. The summed E-state index contributed by atoms with van der Waals surface area (Å²) in [6, 6.07) is 0. The number of nitrogens with two attached hydrogens (primary N) is 1. The van der Waals surface area contributed by atoms with Gasteiger partial charge in [-0.1, -0.05) is 32.1 Å². The first-order valence-corrected chi connectivity index (χ1v) is 5.76. The van der Waals surface area contributed by atoms with Crippen LogP contribution < -0.4 is 11.1 Å². The van der Waals surface area contributed by atoms with Crippen molar-refractivity contribution in [1.29, 1.82) is 0 Å². The van der Waals surface area contributed by atoms with Crippen molar-refractivity contribution in [1.82, 2.24) is 15.2 Å². The molecule has 15 heavy (non-hydrogen) atoms. The zero-order valence-corrected chi connectivity index (χ0v) is 9.00. The Morgan fingerprint density at radius 2 is 2.13 bits per heavy atom. The molecule has 0 bridgehead atoms. The van der Waals surface area contributed by atoms with E-state index in [0.29, 0.717) is 11.9 Å². The second-order valence-electron chi connectivity index (χ2n) is 4.26. The lowest BCUT2D eigenvalue weighted by Crippen LogP contribution is -2.12. The summed E-state index contributed by atoms with van der Waals surface area (Å²) in [5.74, 6) is 1.88. The summed E-state index contributed by atoms with van der Waals surface area (Å²) >= 11 is 0. The van der Waals surface area contributed by atoms with E-state index in [4.69, 9.17) is 5.73 Å². The van der Waals surface area contributed by atoms with Gasteiger partial charge in [-0.25, -0.2) is 5.10 Å².